The summed E-state index contributed by atoms with van der Waals surface area (Å²) in [5, 5.41) is 7.56. The molecule has 2 rings (SSSR count). The summed E-state index contributed by atoms with van der Waals surface area (Å²) < 4.78 is 1.09. The number of hydrogen-bond acceptors (Lipinski definition) is 4. The molecule has 0 saturated carbocycles. The minimum Gasteiger partial charge on any atom is -0.370 e. The van der Waals surface area contributed by atoms with Crippen molar-refractivity contribution in [2.24, 2.45) is 0 Å². The van der Waals surface area contributed by atoms with Crippen LogP contribution in [0.25, 0.3) is 11.3 Å². The van der Waals surface area contributed by atoms with Gasteiger partial charge >= 0.3 is 0 Å². The minimum atomic E-state index is -0.0683. The van der Waals surface area contributed by atoms with E-state index in [2.05, 4.69) is 64.7 Å². The van der Waals surface area contributed by atoms with Gasteiger partial charge in [0.25, 0.3) is 0 Å². The van der Waals surface area contributed by atoms with Gasteiger partial charge in [0, 0.05) is 38.8 Å². The van der Waals surface area contributed by atoms with Gasteiger partial charge in [-0.3, -0.25) is 0 Å². The Hall–Kier alpha value is -0.940. The highest BCUT2D eigenvalue weighted by atomic mass is 79.9. The van der Waals surface area contributed by atoms with Gasteiger partial charge in [-0.05, 0) is 22.4 Å². The molecule has 0 aliphatic heterocycles. The van der Waals surface area contributed by atoms with Crippen LogP contribution in [0.1, 0.15) is 39.9 Å². The Morgan fingerprint density at radius 3 is 2.55 bits per heavy atom. The predicted molar refractivity (Wildman–Crippen MR) is 90.5 cm³/mol. The summed E-state index contributed by atoms with van der Waals surface area (Å²) in [6.45, 7) is 9.48. The molecular weight excluding hydrogens is 334 g/mol. The summed E-state index contributed by atoms with van der Waals surface area (Å²) in [7, 11) is 0. The maximum absolute atomic E-state index is 4.74. The molecule has 1 N–H and O–H groups in total. The SMILES string of the molecule is CCCNc1cc(-c2cscc2Br)nc(C(C)(C)C)n1. The van der Waals surface area contributed by atoms with Crippen LogP contribution in [0.3, 0.4) is 0 Å². The number of nitrogens with zero attached hydrogens (tertiary/aromatic N) is 2. The zero-order chi connectivity index (χ0) is 14.8. The van der Waals surface area contributed by atoms with E-state index in [4.69, 9.17) is 4.98 Å². The van der Waals surface area contributed by atoms with E-state index in [1.165, 1.54) is 0 Å². The van der Waals surface area contributed by atoms with Gasteiger partial charge in [-0.2, -0.15) is 11.3 Å². The fourth-order valence-electron chi connectivity index (χ4n) is 1.73. The van der Waals surface area contributed by atoms with Crippen LogP contribution in [0.2, 0.25) is 0 Å². The first-order valence-corrected chi connectivity index (χ1v) is 8.51. The Kier molecular flexibility index (Phi) is 4.81. The summed E-state index contributed by atoms with van der Waals surface area (Å²) in [6.07, 6.45) is 1.08. The van der Waals surface area contributed by atoms with Crippen LogP contribution in [0.15, 0.2) is 21.3 Å². The number of halogens is 1. The van der Waals surface area contributed by atoms with Gasteiger partial charge in [0.2, 0.25) is 0 Å². The molecule has 3 nitrogen and oxygen atoms in total. The van der Waals surface area contributed by atoms with Crippen LogP contribution in [-0.4, -0.2) is 16.5 Å². The lowest BCUT2D eigenvalue weighted by molar-refractivity contribution is 0.546. The topological polar surface area (TPSA) is 37.8 Å². The molecule has 0 fully saturated rings. The van der Waals surface area contributed by atoms with Crippen LogP contribution in [0.5, 0.6) is 0 Å². The summed E-state index contributed by atoms with van der Waals surface area (Å²) in [5.41, 5.74) is 2.03. The first-order chi connectivity index (χ1) is 9.41. The van der Waals surface area contributed by atoms with Crippen molar-refractivity contribution in [2.75, 3.05) is 11.9 Å². The van der Waals surface area contributed by atoms with Gasteiger partial charge in [-0.25, -0.2) is 9.97 Å². The predicted octanol–water partition coefficient (Wildman–Crippen LogP) is 5.09. The third-order valence-corrected chi connectivity index (χ3v) is 4.55. The van der Waals surface area contributed by atoms with E-state index in [0.29, 0.717) is 0 Å². The molecule has 0 amide bonds. The van der Waals surface area contributed by atoms with Crippen LogP contribution >= 0.6 is 27.3 Å². The zero-order valence-corrected chi connectivity index (χ0v) is 14.7. The Balaban J connectivity index is 2.48. The molecule has 0 aliphatic rings. The van der Waals surface area contributed by atoms with Crippen molar-refractivity contribution >= 4 is 33.1 Å². The molecule has 2 aromatic rings. The van der Waals surface area contributed by atoms with Crippen molar-refractivity contribution in [1.29, 1.82) is 0 Å². The average Bonchev–Trinajstić information content (AvgIpc) is 2.81. The average molecular weight is 354 g/mol. The Bertz CT molecular complexity index is 587. The third kappa shape index (κ3) is 3.58. The molecule has 0 bridgehead atoms. The molecule has 5 heteroatoms. The molecule has 2 heterocycles. The van der Waals surface area contributed by atoms with Gasteiger partial charge < -0.3 is 5.32 Å². The van der Waals surface area contributed by atoms with Crippen molar-refractivity contribution in [1.82, 2.24) is 9.97 Å². The normalized spacial score (nSPS) is 11.7. The lowest BCUT2D eigenvalue weighted by atomic mass is 9.95. The zero-order valence-electron chi connectivity index (χ0n) is 12.3. The maximum Gasteiger partial charge on any atom is 0.136 e. The molecule has 20 heavy (non-hydrogen) atoms. The highest BCUT2D eigenvalue weighted by Gasteiger charge is 2.20. The lowest BCUT2D eigenvalue weighted by Gasteiger charge is -2.19. The number of thiophene rings is 1. The molecule has 0 atom stereocenters. The largest absolute Gasteiger partial charge is 0.370 e. The van der Waals surface area contributed by atoms with Gasteiger partial charge in [-0.15, -0.1) is 0 Å². The monoisotopic (exact) mass is 353 g/mol. The van der Waals surface area contributed by atoms with E-state index >= 15 is 0 Å². The van der Waals surface area contributed by atoms with E-state index in [1.54, 1.807) is 11.3 Å². The summed E-state index contributed by atoms with van der Waals surface area (Å²) in [4.78, 5) is 9.39. The van der Waals surface area contributed by atoms with Gasteiger partial charge in [0.1, 0.15) is 11.6 Å². The van der Waals surface area contributed by atoms with Crippen LogP contribution in [0, 0.1) is 0 Å². The molecule has 0 aromatic carbocycles. The number of rotatable bonds is 4. The molecule has 0 saturated heterocycles. The Labute approximate surface area is 133 Å². The first-order valence-electron chi connectivity index (χ1n) is 6.77. The van der Waals surface area contributed by atoms with E-state index in [-0.39, 0.29) is 5.41 Å². The summed E-state index contributed by atoms with van der Waals surface area (Å²) in [5.74, 6) is 1.77. The van der Waals surface area contributed by atoms with E-state index in [0.717, 1.165) is 40.3 Å². The second-order valence-electron chi connectivity index (χ2n) is 5.77. The fraction of sp³-hybridized carbons (Fsp3) is 0.467. The molecule has 0 spiro atoms. The molecule has 0 aliphatic carbocycles. The van der Waals surface area contributed by atoms with E-state index in [9.17, 15) is 0 Å². The third-order valence-electron chi connectivity index (χ3n) is 2.84. The van der Waals surface area contributed by atoms with Crippen LogP contribution < -0.4 is 5.32 Å². The number of aromatic nitrogens is 2. The van der Waals surface area contributed by atoms with Crippen molar-refractivity contribution in [3.63, 3.8) is 0 Å². The standard InChI is InChI=1S/C15H20BrN3S/c1-5-6-17-13-7-12(10-8-20-9-11(10)16)18-14(19-13)15(2,3)4/h7-9H,5-6H2,1-4H3,(H,17,18,19). The van der Waals surface area contributed by atoms with Crippen molar-refractivity contribution < 1.29 is 0 Å². The number of hydrogen-bond donors (Lipinski definition) is 1. The summed E-state index contributed by atoms with van der Waals surface area (Å²) in [6, 6.07) is 2.03. The highest BCUT2D eigenvalue weighted by molar-refractivity contribution is 9.10. The van der Waals surface area contributed by atoms with Crippen molar-refractivity contribution in [3.05, 3.63) is 27.1 Å². The highest BCUT2D eigenvalue weighted by Crippen LogP contribution is 2.32. The lowest BCUT2D eigenvalue weighted by Crippen LogP contribution is -2.18. The summed E-state index contributed by atoms with van der Waals surface area (Å²) >= 11 is 5.26. The smallest absolute Gasteiger partial charge is 0.136 e. The molecule has 0 radical (unpaired) electrons. The van der Waals surface area contributed by atoms with Crippen molar-refractivity contribution in [2.45, 2.75) is 39.5 Å². The number of anilines is 1. The van der Waals surface area contributed by atoms with Crippen LogP contribution in [0.4, 0.5) is 5.82 Å². The maximum atomic E-state index is 4.74. The Morgan fingerprint density at radius 1 is 1.25 bits per heavy atom. The Morgan fingerprint density at radius 2 is 2.00 bits per heavy atom. The van der Waals surface area contributed by atoms with E-state index in [1.807, 2.05) is 6.07 Å². The molecule has 108 valence electrons. The first kappa shape index (κ1) is 15.4. The second-order valence-corrected chi connectivity index (χ2v) is 7.37. The van der Waals surface area contributed by atoms with Gasteiger partial charge in [-0.1, -0.05) is 27.7 Å². The fourth-order valence-corrected chi connectivity index (χ4v) is 3.22. The second kappa shape index (κ2) is 6.22. The minimum absolute atomic E-state index is 0.0683. The quantitative estimate of drug-likeness (QED) is 0.831. The van der Waals surface area contributed by atoms with Gasteiger partial charge in [0.05, 0.1) is 5.69 Å². The number of nitrogens with one attached hydrogen (secondary N) is 1. The van der Waals surface area contributed by atoms with Crippen molar-refractivity contribution in [3.8, 4) is 11.3 Å². The van der Waals surface area contributed by atoms with E-state index < -0.39 is 0 Å². The molecule has 2 aromatic heterocycles. The van der Waals surface area contributed by atoms with Gasteiger partial charge in [0.15, 0.2) is 0 Å². The molecule has 0 unspecified atom stereocenters. The van der Waals surface area contributed by atoms with Crippen LogP contribution in [-0.2, 0) is 5.41 Å². The molecular formula is C15H20BrN3S.